The zero-order valence-electron chi connectivity index (χ0n) is 22.1. The quantitative estimate of drug-likeness (QED) is 0.352. The maximum absolute atomic E-state index is 15.6. The van der Waals surface area contributed by atoms with Gasteiger partial charge < -0.3 is 14.8 Å². The summed E-state index contributed by atoms with van der Waals surface area (Å²) >= 11 is 2.27. The molecular weight excluding hydrogens is 522 g/mol. The highest BCUT2D eigenvalue weighted by Crippen LogP contribution is 2.45. The second-order valence-corrected chi connectivity index (χ2v) is 12.7. The van der Waals surface area contributed by atoms with E-state index in [-0.39, 0.29) is 22.5 Å². The van der Waals surface area contributed by atoms with Crippen molar-refractivity contribution in [1.82, 2.24) is 15.5 Å². The Morgan fingerprint density at radius 3 is 2.35 bits per heavy atom. The molecule has 0 radical (unpaired) electrons. The number of nitrogens with one attached hydrogen (secondary N) is 1. The van der Waals surface area contributed by atoms with E-state index in [4.69, 9.17) is 9.47 Å². The van der Waals surface area contributed by atoms with E-state index in [1.54, 1.807) is 41.5 Å². The molecule has 2 amide bonds. The largest absolute Gasteiger partial charge is 0.444 e. The van der Waals surface area contributed by atoms with Gasteiger partial charge in [-0.2, -0.15) is 13.9 Å². The Labute approximate surface area is 223 Å². The van der Waals surface area contributed by atoms with Gasteiger partial charge in [0.1, 0.15) is 16.7 Å². The first-order valence-electron chi connectivity index (χ1n) is 11.6. The van der Waals surface area contributed by atoms with Crippen LogP contribution >= 0.6 is 22.7 Å². The molecule has 0 aliphatic rings. The van der Waals surface area contributed by atoms with E-state index in [0.717, 1.165) is 16.2 Å². The lowest BCUT2D eigenvalue weighted by Crippen LogP contribution is -2.45. The fourth-order valence-corrected chi connectivity index (χ4v) is 5.42. The van der Waals surface area contributed by atoms with E-state index in [2.05, 4.69) is 15.5 Å². The number of carbonyl (C=O) groups excluding carboxylic acids is 2. The lowest BCUT2D eigenvalue weighted by atomic mass is 10.1. The molecule has 0 saturated heterocycles. The molecule has 202 valence electrons. The number of thiophene rings is 2. The predicted octanol–water partition coefficient (Wildman–Crippen LogP) is 7.01. The van der Waals surface area contributed by atoms with E-state index in [1.807, 2.05) is 17.5 Å². The van der Waals surface area contributed by atoms with Crippen molar-refractivity contribution >= 4 is 50.8 Å². The fraction of sp³-hybridized carbons (Fsp3) is 0.520. The molecule has 1 unspecified atom stereocenters. The van der Waals surface area contributed by atoms with E-state index in [9.17, 15) is 9.59 Å². The third-order valence-corrected chi connectivity index (χ3v) is 7.31. The third kappa shape index (κ3) is 6.92. The van der Waals surface area contributed by atoms with Gasteiger partial charge in [0.25, 0.3) is 0 Å². The van der Waals surface area contributed by atoms with Gasteiger partial charge in [-0.3, -0.25) is 4.90 Å². The summed E-state index contributed by atoms with van der Waals surface area (Å²) in [5.41, 5.74) is -0.809. The summed E-state index contributed by atoms with van der Waals surface area (Å²) in [4.78, 5) is 27.3. The summed E-state index contributed by atoms with van der Waals surface area (Å²) in [5, 5.41) is 12.2. The number of alkyl halides is 2. The highest BCUT2D eigenvalue weighted by atomic mass is 32.1. The Morgan fingerprint density at radius 1 is 1.14 bits per heavy atom. The topological polar surface area (TPSA) is 93.7 Å². The molecule has 0 saturated carbocycles. The molecule has 3 rings (SSSR count). The highest BCUT2D eigenvalue weighted by Gasteiger charge is 2.44. The van der Waals surface area contributed by atoms with E-state index >= 15 is 8.78 Å². The van der Waals surface area contributed by atoms with E-state index in [0.29, 0.717) is 10.4 Å². The van der Waals surface area contributed by atoms with Crippen LogP contribution in [0.2, 0.25) is 0 Å². The van der Waals surface area contributed by atoms with Crippen molar-refractivity contribution < 1.29 is 27.8 Å². The molecule has 0 aliphatic carbocycles. The molecule has 0 aliphatic heterocycles. The first-order valence-corrected chi connectivity index (χ1v) is 13.3. The van der Waals surface area contributed by atoms with Crippen LogP contribution in [0.15, 0.2) is 23.7 Å². The summed E-state index contributed by atoms with van der Waals surface area (Å²) < 4.78 is 42.4. The molecule has 3 heterocycles. The minimum Gasteiger partial charge on any atom is -0.444 e. The summed E-state index contributed by atoms with van der Waals surface area (Å²) in [6.45, 7) is 13.1. The minimum atomic E-state index is -3.45. The number of halogens is 2. The standard InChI is InChI=1S/C25H32F2N4O4S2/c1-14-18-19(37-20(14)25(26,27)15(2)29-21(32)34-23(3,4)5)17(12-28-30-18)31(13-16-10-9-11-36-16)22(33)35-24(6,7)8/h9-12,15H,13H2,1-8H3,(H,29,32). The van der Waals surface area contributed by atoms with Gasteiger partial charge in [-0.15, -0.1) is 27.8 Å². The molecule has 3 aromatic rings. The first kappa shape index (κ1) is 28.7. The molecule has 0 bridgehead atoms. The lowest BCUT2D eigenvalue weighted by Gasteiger charge is -2.27. The Morgan fingerprint density at radius 2 is 1.78 bits per heavy atom. The molecule has 1 N–H and O–H groups in total. The van der Waals surface area contributed by atoms with Crippen molar-refractivity contribution in [3.05, 3.63) is 39.0 Å². The van der Waals surface area contributed by atoms with Crippen LogP contribution in [0.1, 0.15) is 63.8 Å². The van der Waals surface area contributed by atoms with Gasteiger partial charge in [0.05, 0.1) is 34.0 Å². The van der Waals surface area contributed by atoms with Gasteiger partial charge in [-0.25, -0.2) is 9.59 Å². The number of rotatable bonds is 6. The van der Waals surface area contributed by atoms with Crippen LogP contribution in [-0.4, -0.2) is 39.6 Å². The molecule has 3 aromatic heterocycles. The molecule has 1 atom stereocenters. The number of hydrogen-bond donors (Lipinski definition) is 1. The van der Waals surface area contributed by atoms with Gasteiger partial charge in [0.15, 0.2) is 0 Å². The third-order valence-electron chi connectivity index (χ3n) is 5.06. The lowest BCUT2D eigenvalue weighted by molar-refractivity contribution is -0.0383. The zero-order chi connectivity index (χ0) is 27.8. The summed E-state index contributed by atoms with van der Waals surface area (Å²) in [6.07, 6.45) is -0.194. The van der Waals surface area contributed by atoms with Crippen molar-refractivity contribution in [2.24, 2.45) is 0 Å². The van der Waals surface area contributed by atoms with Crippen LogP contribution in [0.3, 0.4) is 0 Å². The maximum atomic E-state index is 15.6. The average molecular weight is 555 g/mol. The number of carbonyl (C=O) groups is 2. The number of aromatic nitrogens is 2. The van der Waals surface area contributed by atoms with Crippen LogP contribution in [-0.2, 0) is 21.9 Å². The van der Waals surface area contributed by atoms with Crippen LogP contribution < -0.4 is 10.2 Å². The molecule has 12 heteroatoms. The van der Waals surface area contributed by atoms with Gasteiger partial charge >= 0.3 is 18.1 Å². The number of amides is 2. The number of hydrogen-bond acceptors (Lipinski definition) is 8. The number of anilines is 1. The van der Waals surface area contributed by atoms with E-state index < -0.39 is 35.4 Å². The molecule has 37 heavy (non-hydrogen) atoms. The molecule has 0 aromatic carbocycles. The van der Waals surface area contributed by atoms with Gasteiger partial charge in [0.2, 0.25) is 0 Å². The van der Waals surface area contributed by atoms with Crippen molar-refractivity contribution in [1.29, 1.82) is 0 Å². The highest BCUT2D eigenvalue weighted by molar-refractivity contribution is 7.20. The Hall–Kier alpha value is -2.86. The monoisotopic (exact) mass is 554 g/mol. The Kier molecular flexibility index (Phi) is 8.13. The van der Waals surface area contributed by atoms with Crippen LogP contribution in [0, 0.1) is 6.92 Å². The van der Waals surface area contributed by atoms with Crippen LogP contribution in [0.4, 0.5) is 24.1 Å². The summed E-state index contributed by atoms with van der Waals surface area (Å²) in [5.74, 6) is -3.45. The number of fused-ring (bicyclic) bond motifs is 1. The summed E-state index contributed by atoms with van der Waals surface area (Å²) in [6, 6.07) is 2.16. The first-order chi connectivity index (χ1) is 17.0. The van der Waals surface area contributed by atoms with Gasteiger partial charge in [0, 0.05) is 4.88 Å². The van der Waals surface area contributed by atoms with Gasteiger partial charge in [-0.1, -0.05) is 6.07 Å². The van der Waals surface area contributed by atoms with Gasteiger partial charge in [-0.05, 0) is 72.4 Å². The smallest absolute Gasteiger partial charge is 0.415 e. The molecule has 0 spiro atoms. The van der Waals surface area contributed by atoms with Crippen molar-refractivity contribution in [2.75, 3.05) is 4.90 Å². The second-order valence-electron chi connectivity index (χ2n) is 10.6. The molecule has 8 nitrogen and oxygen atoms in total. The molecular formula is C25H32F2N4O4S2. The zero-order valence-corrected chi connectivity index (χ0v) is 23.8. The van der Waals surface area contributed by atoms with Crippen molar-refractivity contribution in [3.63, 3.8) is 0 Å². The van der Waals surface area contributed by atoms with Crippen molar-refractivity contribution in [3.8, 4) is 0 Å². The summed E-state index contributed by atoms with van der Waals surface area (Å²) in [7, 11) is 0. The van der Waals surface area contributed by atoms with E-state index in [1.165, 1.54) is 36.3 Å². The average Bonchev–Trinajstić information content (AvgIpc) is 3.37. The van der Waals surface area contributed by atoms with Crippen LogP contribution in [0.5, 0.6) is 0 Å². The Bertz CT molecular complexity index is 1260. The number of aryl methyl sites for hydroxylation is 1. The SMILES string of the molecule is Cc1c(C(F)(F)C(C)NC(=O)OC(C)(C)C)sc2c(N(Cc3cccs3)C(=O)OC(C)(C)C)cnnc12. The number of alkyl carbamates (subject to hydrolysis) is 1. The normalized spacial score (nSPS) is 13.4. The second kappa shape index (κ2) is 10.5. The minimum absolute atomic E-state index is 0.173. The van der Waals surface area contributed by atoms with Crippen LogP contribution in [0.25, 0.3) is 10.2 Å². The predicted molar refractivity (Wildman–Crippen MR) is 142 cm³/mol. The fourth-order valence-electron chi connectivity index (χ4n) is 3.40. The number of ether oxygens (including phenoxy) is 2. The Balaban J connectivity index is 2.04. The maximum Gasteiger partial charge on any atom is 0.415 e. The van der Waals surface area contributed by atoms with Crippen molar-refractivity contribution in [2.45, 2.75) is 85.1 Å². The molecule has 0 fully saturated rings. The number of nitrogens with zero attached hydrogens (tertiary/aromatic N) is 3.